The van der Waals surface area contributed by atoms with E-state index >= 15 is 0 Å². The number of anilines is 2. The highest BCUT2D eigenvalue weighted by Crippen LogP contribution is 2.32. The fourth-order valence-electron chi connectivity index (χ4n) is 2.40. The summed E-state index contributed by atoms with van der Waals surface area (Å²) in [4.78, 5) is 10.2. The maximum Gasteiger partial charge on any atom is 0.292 e. The van der Waals surface area contributed by atoms with Crippen LogP contribution in [0, 0.1) is 10.1 Å². The first-order chi connectivity index (χ1) is 8.61. The molecule has 0 aliphatic heterocycles. The molecule has 0 heterocycles. The van der Waals surface area contributed by atoms with Gasteiger partial charge in [-0.1, -0.05) is 6.42 Å². The molecule has 1 aromatic rings. The lowest BCUT2D eigenvalue weighted by Gasteiger charge is -2.20. The monoisotopic (exact) mass is 267 g/mol. The van der Waals surface area contributed by atoms with Crippen LogP contribution in [0.1, 0.15) is 19.3 Å². The minimum Gasteiger partial charge on any atom is -0.393 e. The van der Waals surface area contributed by atoms with Gasteiger partial charge < -0.3 is 11.1 Å². The summed E-state index contributed by atoms with van der Waals surface area (Å²) < 4.78 is 0. The Bertz CT molecular complexity index is 453. The van der Waals surface area contributed by atoms with Crippen molar-refractivity contribution in [2.24, 2.45) is 0 Å². The lowest BCUT2D eigenvalue weighted by atomic mass is 10.2. The van der Waals surface area contributed by atoms with Crippen LogP contribution in [0.25, 0.3) is 0 Å². The van der Waals surface area contributed by atoms with Crippen molar-refractivity contribution < 1.29 is 4.92 Å². The highest BCUT2D eigenvalue weighted by Gasteiger charge is 2.26. The molecule has 1 aliphatic rings. The molecule has 0 spiro atoms. The van der Waals surface area contributed by atoms with Gasteiger partial charge in [-0.15, -0.1) is 0 Å². The van der Waals surface area contributed by atoms with E-state index in [0.717, 1.165) is 12.1 Å². The van der Waals surface area contributed by atoms with Gasteiger partial charge in [0.05, 0.1) is 4.92 Å². The van der Waals surface area contributed by atoms with Crippen LogP contribution in [0.2, 0.25) is 0 Å². The highest BCUT2D eigenvalue weighted by atomic mass is 32.2. The highest BCUT2D eigenvalue weighted by molar-refractivity contribution is 7.99. The smallest absolute Gasteiger partial charge is 0.292 e. The Kier molecular flexibility index (Phi) is 3.96. The summed E-state index contributed by atoms with van der Waals surface area (Å²) in [6.45, 7) is 0. The molecule has 0 bridgehead atoms. The molecule has 1 saturated carbocycles. The van der Waals surface area contributed by atoms with Crippen LogP contribution in [0.4, 0.5) is 17.1 Å². The number of thioether (sulfide) groups is 1. The van der Waals surface area contributed by atoms with Gasteiger partial charge in [-0.25, -0.2) is 0 Å². The molecule has 0 saturated heterocycles. The molecular formula is C12H17N3O2S. The molecule has 2 rings (SSSR count). The second-order valence-corrected chi connectivity index (χ2v) is 5.56. The Labute approximate surface area is 110 Å². The predicted molar refractivity (Wildman–Crippen MR) is 76.1 cm³/mol. The summed E-state index contributed by atoms with van der Waals surface area (Å²) in [6, 6.07) is 5.26. The second kappa shape index (κ2) is 5.48. The largest absolute Gasteiger partial charge is 0.393 e. The number of hydrogen-bond acceptors (Lipinski definition) is 5. The minimum absolute atomic E-state index is 0.0339. The lowest BCUT2D eigenvalue weighted by molar-refractivity contribution is -0.383. The SMILES string of the molecule is CSC1CCCC1Nc1ccc([N+](=O)[O-])c(N)c1. The first kappa shape index (κ1) is 13.0. The molecular weight excluding hydrogens is 250 g/mol. The van der Waals surface area contributed by atoms with E-state index in [2.05, 4.69) is 11.6 Å². The fraction of sp³-hybridized carbons (Fsp3) is 0.500. The number of nitro benzene ring substituents is 1. The summed E-state index contributed by atoms with van der Waals surface area (Å²) in [5.74, 6) is 0. The van der Waals surface area contributed by atoms with E-state index in [1.807, 2.05) is 11.8 Å². The van der Waals surface area contributed by atoms with Gasteiger partial charge in [0.2, 0.25) is 0 Å². The molecule has 1 aliphatic carbocycles. The Morgan fingerprint density at radius 1 is 1.50 bits per heavy atom. The average Bonchev–Trinajstić information content (AvgIpc) is 2.76. The van der Waals surface area contributed by atoms with Gasteiger partial charge in [0.25, 0.3) is 5.69 Å². The van der Waals surface area contributed by atoms with Crippen molar-refractivity contribution >= 4 is 28.8 Å². The third-order valence-corrected chi connectivity index (χ3v) is 4.50. The number of nitro groups is 1. The van der Waals surface area contributed by atoms with Gasteiger partial charge in [0.1, 0.15) is 5.69 Å². The van der Waals surface area contributed by atoms with Gasteiger partial charge >= 0.3 is 0 Å². The van der Waals surface area contributed by atoms with E-state index < -0.39 is 4.92 Å². The third kappa shape index (κ3) is 2.69. The molecule has 6 heteroatoms. The topological polar surface area (TPSA) is 81.2 Å². The molecule has 2 unspecified atom stereocenters. The maximum atomic E-state index is 10.7. The molecule has 5 nitrogen and oxygen atoms in total. The van der Waals surface area contributed by atoms with Crippen LogP contribution in [-0.2, 0) is 0 Å². The number of nitrogens with zero attached hydrogens (tertiary/aromatic N) is 1. The van der Waals surface area contributed by atoms with Crippen LogP contribution in [0.5, 0.6) is 0 Å². The van der Waals surface area contributed by atoms with Crippen molar-refractivity contribution in [1.29, 1.82) is 0 Å². The summed E-state index contributed by atoms with van der Waals surface area (Å²) in [7, 11) is 0. The molecule has 0 amide bonds. The maximum absolute atomic E-state index is 10.7. The van der Waals surface area contributed by atoms with Crippen LogP contribution >= 0.6 is 11.8 Å². The zero-order valence-corrected chi connectivity index (χ0v) is 11.1. The van der Waals surface area contributed by atoms with Crippen molar-refractivity contribution in [3.63, 3.8) is 0 Å². The Hall–Kier alpha value is -1.43. The van der Waals surface area contributed by atoms with Crippen LogP contribution in [-0.4, -0.2) is 22.5 Å². The van der Waals surface area contributed by atoms with Crippen molar-refractivity contribution in [3.05, 3.63) is 28.3 Å². The first-order valence-electron chi connectivity index (χ1n) is 5.95. The van der Waals surface area contributed by atoms with Gasteiger partial charge in [0, 0.05) is 23.0 Å². The Morgan fingerprint density at radius 2 is 2.28 bits per heavy atom. The van der Waals surface area contributed by atoms with Crippen LogP contribution in [0.15, 0.2) is 18.2 Å². The van der Waals surface area contributed by atoms with E-state index in [9.17, 15) is 10.1 Å². The normalized spacial score (nSPS) is 22.9. The average molecular weight is 267 g/mol. The van der Waals surface area contributed by atoms with Crippen molar-refractivity contribution in [1.82, 2.24) is 0 Å². The zero-order valence-electron chi connectivity index (χ0n) is 10.3. The van der Waals surface area contributed by atoms with Gasteiger partial charge in [0.15, 0.2) is 0 Å². The second-order valence-electron chi connectivity index (χ2n) is 4.49. The van der Waals surface area contributed by atoms with Gasteiger partial charge in [-0.05, 0) is 31.2 Å². The number of hydrogen-bond donors (Lipinski definition) is 2. The number of benzene rings is 1. The summed E-state index contributed by atoms with van der Waals surface area (Å²) in [6.07, 6.45) is 5.71. The molecule has 3 N–H and O–H groups in total. The Morgan fingerprint density at radius 3 is 2.89 bits per heavy atom. The number of nitrogen functional groups attached to an aromatic ring is 1. The van der Waals surface area contributed by atoms with Crippen LogP contribution < -0.4 is 11.1 Å². The fourth-order valence-corrected chi connectivity index (χ4v) is 3.33. The zero-order chi connectivity index (χ0) is 13.1. The van der Waals surface area contributed by atoms with Gasteiger partial charge in [-0.3, -0.25) is 10.1 Å². The number of nitrogens with two attached hydrogens (primary N) is 1. The summed E-state index contributed by atoms with van der Waals surface area (Å²) in [5.41, 5.74) is 6.72. The van der Waals surface area contributed by atoms with E-state index in [1.165, 1.54) is 18.9 Å². The molecule has 1 aromatic carbocycles. The standard InChI is InChI=1S/C12H17N3O2S/c1-18-12-4-2-3-10(12)14-8-5-6-11(15(16)17)9(13)7-8/h5-7,10,12,14H,2-4,13H2,1H3. The lowest BCUT2D eigenvalue weighted by Crippen LogP contribution is -2.25. The molecule has 0 aromatic heterocycles. The summed E-state index contributed by atoms with van der Waals surface area (Å²) in [5, 5.41) is 14.7. The van der Waals surface area contributed by atoms with E-state index in [0.29, 0.717) is 11.3 Å². The predicted octanol–water partition coefficient (Wildman–Crippen LogP) is 2.87. The number of nitrogens with one attached hydrogen (secondary N) is 1. The molecule has 98 valence electrons. The molecule has 0 radical (unpaired) electrons. The van der Waals surface area contributed by atoms with E-state index in [-0.39, 0.29) is 11.4 Å². The first-order valence-corrected chi connectivity index (χ1v) is 7.24. The molecule has 1 fully saturated rings. The van der Waals surface area contributed by atoms with Crippen molar-refractivity contribution in [2.75, 3.05) is 17.3 Å². The molecule has 2 atom stereocenters. The Balaban J connectivity index is 2.10. The molecule has 18 heavy (non-hydrogen) atoms. The third-order valence-electron chi connectivity index (χ3n) is 3.33. The van der Waals surface area contributed by atoms with Gasteiger partial charge in [-0.2, -0.15) is 11.8 Å². The number of rotatable bonds is 4. The van der Waals surface area contributed by atoms with E-state index in [1.54, 1.807) is 12.1 Å². The van der Waals surface area contributed by atoms with Crippen LogP contribution in [0.3, 0.4) is 0 Å². The van der Waals surface area contributed by atoms with Crippen molar-refractivity contribution in [2.45, 2.75) is 30.6 Å². The minimum atomic E-state index is -0.459. The van der Waals surface area contributed by atoms with Crippen molar-refractivity contribution in [3.8, 4) is 0 Å². The van der Waals surface area contributed by atoms with E-state index in [4.69, 9.17) is 5.73 Å². The quantitative estimate of drug-likeness (QED) is 0.498. The summed E-state index contributed by atoms with van der Waals surface area (Å²) >= 11 is 1.87.